The lowest BCUT2D eigenvalue weighted by molar-refractivity contribution is -0.181. The Morgan fingerprint density at radius 1 is 1.11 bits per heavy atom. The van der Waals surface area contributed by atoms with Crippen molar-refractivity contribution < 1.29 is 24.2 Å². The molecule has 1 N–H and O–H groups in total. The second kappa shape index (κ2) is 8.04. The number of carbonyl (C=O) groups is 2. The SMILES string of the molecule is O=C(OCc1ccccc1)C(O)N1C(=O)C2N=C(COc3ccccc3)SC21. The molecule has 1 fully saturated rings. The number of hydrogen-bond donors (Lipinski definition) is 1. The van der Waals surface area contributed by atoms with E-state index in [0.29, 0.717) is 10.8 Å². The largest absolute Gasteiger partial charge is 0.487 e. The van der Waals surface area contributed by atoms with E-state index in [1.54, 1.807) is 0 Å². The lowest BCUT2D eigenvalue weighted by Crippen LogP contribution is -2.66. The zero-order chi connectivity index (χ0) is 19.5. The molecule has 2 aromatic carbocycles. The molecule has 0 aliphatic carbocycles. The van der Waals surface area contributed by atoms with Crippen LogP contribution in [0.1, 0.15) is 5.56 Å². The van der Waals surface area contributed by atoms with Crippen molar-refractivity contribution >= 4 is 28.7 Å². The van der Waals surface area contributed by atoms with Crippen LogP contribution in [0.4, 0.5) is 0 Å². The molecule has 2 aliphatic heterocycles. The second-order valence-corrected chi connectivity index (χ2v) is 7.48. The molecule has 0 saturated carbocycles. The minimum atomic E-state index is -1.64. The molecule has 2 heterocycles. The minimum absolute atomic E-state index is 0.0344. The van der Waals surface area contributed by atoms with Crippen molar-refractivity contribution in [2.45, 2.75) is 24.3 Å². The van der Waals surface area contributed by atoms with E-state index in [4.69, 9.17) is 9.47 Å². The summed E-state index contributed by atoms with van der Waals surface area (Å²) in [7, 11) is 0. The van der Waals surface area contributed by atoms with E-state index in [2.05, 4.69) is 4.99 Å². The summed E-state index contributed by atoms with van der Waals surface area (Å²) >= 11 is 1.31. The van der Waals surface area contributed by atoms with Crippen LogP contribution in [0.15, 0.2) is 65.7 Å². The number of benzene rings is 2. The van der Waals surface area contributed by atoms with Crippen LogP contribution in [0.5, 0.6) is 5.75 Å². The summed E-state index contributed by atoms with van der Waals surface area (Å²) in [5, 5.41) is 10.5. The molecule has 28 heavy (non-hydrogen) atoms. The van der Waals surface area contributed by atoms with Crippen molar-refractivity contribution in [3.05, 3.63) is 66.2 Å². The molecule has 7 nitrogen and oxygen atoms in total. The molecule has 8 heteroatoms. The Hall–Kier alpha value is -2.84. The number of aliphatic hydroxyl groups excluding tert-OH is 1. The maximum Gasteiger partial charge on any atom is 0.356 e. The van der Waals surface area contributed by atoms with Crippen LogP contribution >= 0.6 is 11.8 Å². The average molecular weight is 398 g/mol. The highest BCUT2D eigenvalue weighted by molar-refractivity contribution is 8.15. The maximum absolute atomic E-state index is 12.3. The normalized spacial score (nSPS) is 21.4. The molecule has 2 aromatic rings. The number of ether oxygens (including phenoxy) is 2. The lowest BCUT2D eigenvalue weighted by atomic mass is 10.1. The molecule has 0 spiro atoms. The molecule has 2 aliphatic rings. The molecule has 3 atom stereocenters. The van der Waals surface area contributed by atoms with Crippen LogP contribution in [0, 0.1) is 0 Å². The van der Waals surface area contributed by atoms with Crippen LogP contribution in [-0.4, -0.2) is 51.2 Å². The summed E-state index contributed by atoms with van der Waals surface area (Å²) in [5.74, 6) is -0.542. The first-order valence-electron chi connectivity index (χ1n) is 8.75. The quantitative estimate of drug-likeness (QED) is 0.565. The molecule has 0 aromatic heterocycles. The van der Waals surface area contributed by atoms with Gasteiger partial charge in [0.25, 0.3) is 5.91 Å². The number of carbonyl (C=O) groups excluding carboxylic acids is 2. The number of rotatable bonds is 7. The Kier molecular flexibility index (Phi) is 5.31. The van der Waals surface area contributed by atoms with Crippen LogP contribution in [0.25, 0.3) is 0 Å². The Morgan fingerprint density at radius 3 is 2.50 bits per heavy atom. The molecule has 1 saturated heterocycles. The smallest absolute Gasteiger partial charge is 0.356 e. The summed E-state index contributed by atoms with van der Waals surface area (Å²) in [6, 6.07) is 17.8. The summed E-state index contributed by atoms with van der Waals surface area (Å²) in [6.07, 6.45) is -1.64. The Labute approximate surface area is 166 Å². The van der Waals surface area contributed by atoms with Gasteiger partial charge in [-0.05, 0) is 17.7 Å². The average Bonchev–Trinajstić information content (AvgIpc) is 3.11. The Morgan fingerprint density at radius 2 is 1.79 bits per heavy atom. The van der Waals surface area contributed by atoms with Crippen molar-refractivity contribution in [1.29, 1.82) is 0 Å². The van der Waals surface area contributed by atoms with Crippen molar-refractivity contribution in [3.8, 4) is 5.75 Å². The monoisotopic (exact) mass is 398 g/mol. The number of thioether (sulfide) groups is 1. The third kappa shape index (κ3) is 3.74. The number of likely N-dealkylation sites (tertiary alicyclic amines) is 1. The maximum atomic E-state index is 12.3. The van der Waals surface area contributed by atoms with Gasteiger partial charge in [-0.25, -0.2) is 4.79 Å². The molecule has 4 rings (SSSR count). The molecular weight excluding hydrogens is 380 g/mol. The number of fused-ring (bicyclic) bond motifs is 1. The highest BCUT2D eigenvalue weighted by atomic mass is 32.2. The highest BCUT2D eigenvalue weighted by Gasteiger charge is 2.56. The van der Waals surface area contributed by atoms with E-state index in [1.165, 1.54) is 11.8 Å². The van der Waals surface area contributed by atoms with E-state index < -0.39 is 29.5 Å². The van der Waals surface area contributed by atoms with Gasteiger partial charge in [0, 0.05) is 0 Å². The van der Waals surface area contributed by atoms with Crippen molar-refractivity contribution in [1.82, 2.24) is 4.90 Å². The van der Waals surface area contributed by atoms with Gasteiger partial charge >= 0.3 is 5.97 Å². The van der Waals surface area contributed by atoms with Gasteiger partial charge in [0.05, 0.1) is 0 Å². The van der Waals surface area contributed by atoms with Crippen LogP contribution in [0.2, 0.25) is 0 Å². The van der Waals surface area contributed by atoms with Gasteiger partial charge in [-0.1, -0.05) is 60.3 Å². The fourth-order valence-electron chi connectivity index (χ4n) is 2.94. The summed E-state index contributed by atoms with van der Waals surface area (Å²) < 4.78 is 10.8. The summed E-state index contributed by atoms with van der Waals surface area (Å²) in [6.45, 7) is 0.268. The Bertz CT molecular complexity index is 890. The first kappa shape index (κ1) is 18.5. The second-order valence-electron chi connectivity index (χ2n) is 6.29. The summed E-state index contributed by atoms with van der Waals surface area (Å²) in [4.78, 5) is 29.9. The first-order valence-corrected chi connectivity index (χ1v) is 9.63. The van der Waals surface area contributed by atoms with Gasteiger partial charge in [0.1, 0.15) is 29.4 Å². The molecule has 3 unspecified atom stereocenters. The minimum Gasteiger partial charge on any atom is -0.487 e. The fourth-order valence-corrected chi connectivity index (χ4v) is 4.16. The van der Waals surface area contributed by atoms with Crippen molar-refractivity contribution in [2.75, 3.05) is 6.61 Å². The fraction of sp³-hybridized carbons (Fsp3) is 0.250. The number of nitrogens with zero attached hydrogens (tertiary/aromatic N) is 2. The first-order chi connectivity index (χ1) is 13.6. The number of para-hydroxylation sites is 1. The van der Waals surface area contributed by atoms with E-state index in [-0.39, 0.29) is 13.2 Å². The lowest BCUT2D eigenvalue weighted by Gasteiger charge is -2.42. The standard InChI is InChI=1S/C20H18N2O5S/c23-17-16-19(28-15(21-16)12-26-14-9-5-2-6-10-14)22(17)18(24)20(25)27-11-13-7-3-1-4-8-13/h1-10,16,18-19,24H,11-12H2. The van der Waals surface area contributed by atoms with Gasteiger partial charge in [0.15, 0.2) is 6.04 Å². The Balaban J connectivity index is 1.30. The predicted molar refractivity (Wildman–Crippen MR) is 104 cm³/mol. The third-order valence-corrected chi connectivity index (χ3v) is 5.62. The topological polar surface area (TPSA) is 88.4 Å². The predicted octanol–water partition coefficient (Wildman–Crippen LogP) is 1.81. The van der Waals surface area contributed by atoms with Gasteiger partial charge in [-0.2, -0.15) is 0 Å². The van der Waals surface area contributed by atoms with E-state index >= 15 is 0 Å². The molecular formula is C20H18N2O5S. The molecule has 144 valence electrons. The molecule has 0 radical (unpaired) electrons. The highest BCUT2D eigenvalue weighted by Crippen LogP contribution is 2.40. The van der Waals surface area contributed by atoms with E-state index in [9.17, 15) is 14.7 Å². The number of aliphatic imine (C=N–C) groups is 1. The molecule has 1 amide bonds. The van der Waals surface area contributed by atoms with Crippen LogP contribution in [-0.2, 0) is 20.9 Å². The zero-order valence-electron chi connectivity index (χ0n) is 14.8. The number of aliphatic hydroxyl groups is 1. The number of β-lactam (4-membered cyclic amide) rings is 1. The van der Waals surface area contributed by atoms with Gasteiger partial charge < -0.3 is 14.6 Å². The summed E-state index contributed by atoms with van der Waals surface area (Å²) in [5.41, 5.74) is 0.801. The van der Waals surface area contributed by atoms with Crippen LogP contribution < -0.4 is 4.74 Å². The van der Waals surface area contributed by atoms with Crippen molar-refractivity contribution in [3.63, 3.8) is 0 Å². The van der Waals surface area contributed by atoms with E-state index in [1.807, 2.05) is 60.7 Å². The van der Waals surface area contributed by atoms with Crippen molar-refractivity contribution in [2.24, 2.45) is 4.99 Å². The molecule has 0 bridgehead atoms. The number of hydrogen-bond acceptors (Lipinski definition) is 7. The third-order valence-electron chi connectivity index (χ3n) is 4.40. The van der Waals surface area contributed by atoms with Gasteiger partial charge in [-0.15, -0.1) is 0 Å². The number of amides is 1. The van der Waals surface area contributed by atoms with Crippen LogP contribution in [0.3, 0.4) is 0 Å². The van der Waals surface area contributed by atoms with Gasteiger partial charge in [-0.3, -0.25) is 14.7 Å². The van der Waals surface area contributed by atoms with E-state index in [0.717, 1.165) is 10.5 Å². The van der Waals surface area contributed by atoms with Gasteiger partial charge in [0.2, 0.25) is 6.23 Å². The number of esters is 1. The zero-order valence-corrected chi connectivity index (χ0v) is 15.6.